The highest BCUT2D eigenvalue weighted by Crippen LogP contribution is 2.30. The largest absolute Gasteiger partial charge is 0.329 e. The SMILES string of the molecule is NCC(c1cc(F)c(F)cc1F)N1CCN(C2CC2)CC1. The highest BCUT2D eigenvalue weighted by molar-refractivity contribution is 5.24. The predicted octanol–water partition coefficient (Wildman–Crippen LogP) is 1.88. The highest BCUT2D eigenvalue weighted by Gasteiger charge is 2.33. The summed E-state index contributed by atoms with van der Waals surface area (Å²) in [5.74, 6) is -2.92. The molecule has 2 aliphatic rings. The molecule has 0 bridgehead atoms. The summed E-state index contributed by atoms with van der Waals surface area (Å²) in [6.45, 7) is 3.58. The molecule has 1 aliphatic carbocycles. The summed E-state index contributed by atoms with van der Waals surface area (Å²) in [5, 5.41) is 0. The Kier molecular flexibility index (Phi) is 4.19. The first-order chi connectivity index (χ1) is 10.1. The highest BCUT2D eigenvalue weighted by atomic mass is 19.2. The van der Waals surface area contributed by atoms with E-state index in [1.165, 1.54) is 12.8 Å². The van der Waals surface area contributed by atoms with Gasteiger partial charge in [0.05, 0.1) is 6.04 Å². The van der Waals surface area contributed by atoms with E-state index in [1.807, 2.05) is 0 Å². The maximum Gasteiger partial charge on any atom is 0.161 e. The van der Waals surface area contributed by atoms with Crippen LogP contribution >= 0.6 is 0 Å². The third-order valence-electron chi connectivity index (χ3n) is 4.47. The number of hydrogen-bond donors (Lipinski definition) is 1. The third kappa shape index (κ3) is 3.07. The Hall–Kier alpha value is -1.11. The van der Waals surface area contributed by atoms with E-state index in [0.717, 1.165) is 32.2 Å². The van der Waals surface area contributed by atoms with Gasteiger partial charge in [-0.25, -0.2) is 13.2 Å². The van der Waals surface area contributed by atoms with Crippen LogP contribution in [-0.2, 0) is 0 Å². The molecule has 116 valence electrons. The lowest BCUT2D eigenvalue weighted by Gasteiger charge is -2.39. The molecule has 2 N–H and O–H groups in total. The Balaban J connectivity index is 1.74. The molecule has 6 heteroatoms. The van der Waals surface area contributed by atoms with Crippen LogP contribution in [0.4, 0.5) is 13.2 Å². The zero-order valence-corrected chi connectivity index (χ0v) is 11.9. The summed E-state index contributed by atoms with van der Waals surface area (Å²) in [6.07, 6.45) is 2.52. The van der Waals surface area contributed by atoms with Gasteiger partial charge in [0, 0.05) is 50.4 Å². The van der Waals surface area contributed by atoms with Gasteiger partial charge in [-0.2, -0.15) is 0 Å². The van der Waals surface area contributed by atoms with E-state index in [0.29, 0.717) is 12.1 Å². The van der Waals surface area contributed by atoms with Gasteiger partial charge in [0.2, 0.25) is 0 Å². The molecular formula is C15H20F3N3. The normalized spacial score (nSPS) is 22.5. The van der Waals surface area contributed by atoms with Gasteiger partial charge in [0.15, 0.2) is 11.6 Å². The van der Waals surface area contributed by atoms with Crippen molar-refractivity contribution in [3.8, 4) is 0 Å². The van der Waals surface area contributed by atoms with Crippen LogP contribution in [0.3, 0.4) is 0 Å². The molecule has 2 fully saturated rings. The number of halogens is 3. The van der Waals surface area contributed by atoms with Crippen molar-refractivity contribution in [1.29, 1.82) is 0 Å². The van der Waals surface area contributed by atoms with Gasteiger partial charge >= 0.3 is 0 Å². The van der Waals surface area contributed by atoms with Crippen molar-refractivity contribution in [1.82, 2.24) is 9.80 Å². The van der Waals surface area contributed by atoms with Crippen molar-refractivity contribution in [2.75, 3.05) is 32.7 Å². The summed E-state index contributed by atoms with van der Waals surface area (Å²) in [5.41, 5.74) is 5.91. The lowest BCUT2D eigenvalue weighted by molar-refractivity contribution is 0.0922. The lowest BCUT2D eigenvalue weighted by atomic mass is 10.0. The summed E-state index contributed by atoms with van der Waals surface area (Å²) < 4.78 is 40.4. The van der Waals surface area contributed by atoms with Gasteiger partial charge in [-0.3, -0.25) is 9.80 Å². The lowest BCUT2D eigenvalue weighted by Crippen LogP contribution is -2.49. The molecule has 21 heavy (non-hydrogen) atoms. The van der Waals surface area contributed by atoms with Crippen LogP contribution in [0.15, 0.2) is 12.1 Å². The minimum absolute atomic E-state index is 0.149. The Morgan fingerprint density at radius 3 is 2.19 bits per heavy atom. The summed E-state index contributed by atoms with van der Waals surface area (Å²) >= 11 is 0. The van der Waals surface area contributed by atoms with Crippen molar-refractivity contribution >= 4 is 0 Å². The van der Waals surface area contributed by atoms with E-state index < -0.39 is 23.5 Å². The Labute approximate surface area is 122 Å². The molecule has 0 aromatic heterocycles. The second-order valence-corrected chi connectivity index (χ2v) is 5.84. The van der Waals surface area contributed by atoms with Gasteiger partial charge in [0.25, 0.3) is 0 Å². The fraction of sp³-hybridized carbons (Fsp3) is 0.600. The smallest absolute Gasteiger partial charge is 0.161 e. The van der Waals surface area contributed by atoms with Crippen LogP contribution in [-0.4, -0.2) is 48.6 Å². The van der Waals surface area contributed by atoms with Crippen LogP contribution < -0.4 is 5.73 Å². The van der Waals surface area contributed by atoms with Crippen molar-refractivity contribution in [3.63, 3.8) is 0 Å². The molecule has 1 unspecified atom stereocenters. The van der Waals surface area contributed by atoms with E-state index in [9.17, 15) is 13.2 Å². The van der Waals surface area contributed by atoms with Crippen molar-refractivity contribution in [2.45, 2.75) is 24.9 Å². The molecule has 1 heterocycles. The number of hydrogen-bond acceptors (Lipinski definition) is 3. The van der Waals surface area contributed by atoms with Crippen LogP contribution in [0, 0.1) is 17.5 Å². The van der Waals surface area contributed by atoms with Crippen LogP contribution in [0.5, 0.6) is 0 Å². The van der Waals surface area contributed by atoms with Gasteiger partial charge in [-0.15, -0.1) is 0 Å². The second kappa shape index (κ2) is 5.94. The molecule has 1 aromatic rings. The number of nitrogens with two attached hydrogens (primary N) is 1. The first kappa shape index (κ1) is 14.8. The third-order valence-corrected chi connectivity index (χ3v) is 4.47. The first-order valence-corrected chi connectivity index (χ1v) is 7.42. The average molecular weight is 299 g/mol. The van der Waals surface area contributed by atoms with Crippen molar-refractivity contribution < 1.29 is 13.2 Å². The Morgan fingerprint density at radius 2 is 1.62 bits per heavy atom. The molecular weight excluding hydrogens is 279 g/mol. The molecule has 1 aromatic carbocycles. The number of rotatable bonds is 4. The minimum Gasteiger partial charge on any atom is -0.329 e. The quantitative estimate of drug-likeness (QED) is 0.862. The molecule has 1 atom stereocenters. The summed E-state index contributed by atoms with van der Waals surface area (Å²) in [6, 6.07) is 1.85. The van der Waals surface area contributed by atoms with Gasteiger partial charge < -0.3 is 5.73 Å². The first-order valence-electron chi connectivity index (χ1n) is 7.42. The fourth-order valence-corrected chi connectivity index (χ4v) is 3.12. The molecule has 0 amide bonds. The maximum absolute atomic E-state index is 13.9. The van der Waals surface area contributed by atoms with E-state index in [-0.39, 0.29) is 12.1 Å². The van der Waals surface area contributed by atoms with Gasteiger partial charge in [-0.1, -0.05) is 0 Å². The van der Waals surface area contributed by atoms with Crippen LogP contribution in [0.2, 0.25) is 0 Å². The average Bonchev–Trinajstić information content (AvgIpc) is 3.30. The number of benzene rings is 1. The summed E-state index contributed by atoms with van der Waals surface area (Å²) in [4.78, 5) is 4.50. The zero-order chi connectivity index (χ0) is 15.0. The molecule has 0 spiro atoms. The standard InChI is InChI=1S/C15H20F3N3/c16-12-8-14(18)13(17)7-11(12)15(9-19)21-5-3-20(4-6-21)10-1-2-10/h7-8,10,15H,1-6,9,19H2. The minimum atomic E-state index is -1.16. The number of piperazine rings is 1. The Bertz CT molecular complexity index is 511. The number of nitrogens with zero attached hydrogens (tertiary/aromatic N) is 2. The van der Waals surface area contributed by atoms with Crippen LogP contribution in [0.1, 0.15) is 24.4 Å². The fourth-order valence-electron chi connectivity index (χ4n) is 3.12. The maximum atomic E-state index is 13.9. The van der Waals surface area contributed by atoms with E-state index in [4.69, 9.17) is 5.73 Å². The van der Waals surface area contributed by atoms with E-state index in [2.05, 4.69) is 9.80 Å². The molecule has 3 rings (SSSR count). The molecule has 0 radical (unpaired) electrons. The second-order valence-electron chi connectivity index (χ2n) is 5.84. The monoisotopic (exact) mass is 299 g/mol. The molecule has 1 saturated heterocycles. The van der Waals surface area contributed by atoms with Gasteiger partial charge in [-0.05, 0) is 18.9 Å². The van der Waals surface area contributed by atoms with Gasteiger partial charge in [0.1, 0.15) is 5.82 Å². The zero-order valence-electron chi connectivity index (χ0n) is 11.9. The Morgan fingerprint density at radius 1 is 1.00 bits per heavy atom. The molecule has 3 nitrogen and oxygen atoms in total. The van der Waals surface area contributed by atoms with E-state index >= 15 is 0 Å². The van der Waals surface area contributed by atoms with Crippen molar-refractivity contribution in [3.05, 3.63) is 35.1 Å². The van der Waals surface area contributed by atoms with E-state index in [1.54, 1.807) is 0 Å². The predicted molar refractivity (Wildman–Crippen MR) is 74.3 cm³/mol. The molecule has 1 saturated carbocycles. The van der Waals surface area contributed by atoms with Crippen molar-refractivity contribution in [2.24, 2.45) is 5.73 Å². The van der Waals surface area contributed by atoms with Crippen LogP contribution in [0.25, 0.3) is 0 Å². The summed E-state index contributed by atoms with van der Waals surface area (Å²) in [7, 11) is 0. The topological polar surface area (TPSA) is 32.5 Å². The molecule has 1 aliphatic heterocycles.